The number of nitrogens with two attached hydrogens (primary N) is 2. The van der Waals surface area contributed by atoms with E-state index < -0.39 is 10.0 Å². The van der Waals surface area contributed by atoms with Gasteiger partial charge in [-0.15, -0.1) is 12.4 Å². The largest absolute Gasteiger partial charge is 0.476 e. The first-order valence-electron chi connectivity index (χ1n) is 4.44. The zero-order valence-corrected chi connectivity index (χ0v) is 10.00. The Hall–Kier alpha value is -0.830. The van der Waals surface area contributed by atoms with Crippen molar-refractivity contribution < 1.29 is 13.2 Å². The summed E-state index contributed by atoms with van der Waals surface area (Å²) in [6, 6.07) is 0. The Labute approximate surface area is 99.2 Å². The number of hydrogen-bond donors (Lipinski definition) is 2. The molecule has 1 atom stereocenters. The van der Waals surface area contributed by atoms with Crippen molar-refractivity contribution in [3.05, 3.63) is 6.20 Å². The van der Waals surface area contributed by atoms with Gasteiger partial charge in [0.1, 0.15) is 0 Å². The van der Waals surface area contributed by atoms with Gasteiger partial charge in [0.15, 0.2) is 4.90 Å². The lowest BCUT2D eigenvalue weighted by Crippen LogP contribution is -2.31. The molecular formula is C7H13ClN4O3S. The summed E-state index contributed by atoms with van der Waals surface area (Å²) >= 11 is 0. The molecule has 0 amide bonds. The third-order valence-electron chi connectivity index (χ3n) is 2.29. The number of primary sulfonamides is 1. The fourth-order valence-corrected chi connectivity index (χ4v) is 2.07. The zero-order valence-electron chi connectivity index (χ0n) is 8.37. The van der Waals surface area contributed by atoms with Gasteiger partial charge in [0.05, 0.1) is 19.3 Å². The lowest BCUT2D eigenvalue weighted by atomic mass is 10.1. The third-order valence-corrected chi connectivity index (χ3v) is 3.18. The normalized spacial score (nSPS) is 19.5. The Morgan fingerprint density at radius 2 is 2.31 bits per heavy atom. The van der Waals surface area contributed by atoms with Crippen LogP contribution in [-0.4, -0.2) is 31.3 Å². The highest BCUT2D eigenvalue weighted by atomic mass is 35.5. The van der Waals surface area contributed by atoms with Gasteiger partial charge in [-0.25, -0.2) is 18.2 Å². The molecule has 0 radical (unpaired) electrons. The Morgan fingerprint density at radius 3 is 2.88 bits per heavy atom. The van der Waals surface area contributed by atoms with Crippen molar-refractivity contribution >= 4 is 22.4 Å². The summed E-state index contributed by atoms with van der Waals surface area (Å²) in [6.45, 7) is 1.43. The van der Waals surface area contributed by atoms with Crippen LogP contribution in [0.2, 0.25) is 0 Å². The fraction of sp³-hybridized carbons (Fsp3) is 0.571. The molecule has 0 aromatic carbocycles. The Bertz CT molecular complexity index is 472. The number of aromatic nitrogens is 2. The second-order valence-electron chi connectivity index (χ2n) is 3.45. The number of halogens is 1. The lowest BCUT2D eigenvalue weighted by Gasteiger charge is -2.23. The molecule has 1 aliphatic heterocycles. The SMILES string of the molecule is Cl.NCC1COc2c(S(N)(=O)=O)cnn2C1. The molecule has 2 rings (SSSR count). The molecule has 0 spiro atoms. The van der Waals surface area contributed by atoms with Crippen molar-refractivity contribution in [2.24, 2.45) is 16.8 Å². The fourth-order valence-electron chi connectivity index (χ4n) is 1.46. The number of hydrogen-bond acceptors (Lipinski definition) is 5. The number of nitrogens with zero attached hydrogens (tertiary/aromatic N) is 2. The zero-order chi connectivity index (χ0) is 11.1. The average Bonchev–Trinajstić information content (AvgIpc) is 2.59. The van der Waals surface area contributed by atoms with E-state index in [-0.39, 0.29) is 29.1 Å². The van der Waals surface area contributed by atoms with Gasteiger partial charge in [-0.2, -0.15) is 5.10 Å². The number of ether oxygens (including phenoxy) is 1. The second kappa shape index (κ2) is 4.58. The van der Waals surface area contributed by atoms with E-state index in [0.717, 1.165) is 0 Å². The van der Waals surface area contributed by atoms with E-state index in [4.69, 9.17) is 15.6 Å². The molecule has 0 saturated heterocycles. The number of fused-ring (bicyclic) bond motifs is 1. The third kappa shape index (κ3) is 2.29. The Morgan fingerprint density at radius 1 is 1.62 bits per heavy atom. The van der Waals surface area contributed by atoms with Crippen LogP contribution in [0.5, 0.6) is 5.88 Å². The molecule has 1 aliphatic rings. The summed E-state index contributed by atoms with van der Waals surface area (Å²) in [5.74, 6) is 0.368. The molecule has 1 aromatic heterocycles. The Kier molecular flexibility index (Phi) is 3.79. The van der Waals surface area contributed by atoms with Gasteiger partial charge < -0.3 is 10.5 Å². The van der Waals surface area contributed by atoms with Crippen LogP contribution in [0.1, 0.15) is 0 Å². The van der Waals surface area contributed by atoms with Crippen LogP contribution in [0.3, 0.4) is 0 Å². The van der Waals surface area contributed by atoms with Gasteiger partial charge in [0, 0.05) is 12.5 Å². The van der Waals surface area contributed by atoms with E-state index in [1.807, 2.05) is 0 Å². The van der Waals surface area contributed by atoms with Gasteiger partial charge >= 0.3 is 0 Å². The first-order chi connectivity index (χ1) is 7.02. The first-order valence-corrected chi connectivity index (χ1v) is 5.98. The molecule has 9 heteroatoms. The lowest BCUT2D eigenvalue weighted by molar-refractivity contribution is 0.164. The van der Waals surface area contributed by atoms with E-state index >= 15 is 0 Å². The minimum Gasteiger partial charge on any atom is -0.476 e. The molecule has 7 nitrogen and oxygen atoms in total. The monoisotopic (exact) mass is 268 g/mol. The molecule has 0 fully saturated rings. The van der Waals surface area contributed by atoms with E-state index in [9.17, 15) is 8.42 Å². The average molecular weight is 269 g/mol. The van der Waals surface area contributed by atoms with E-state index in [1.54, 1.807) is 0 Å². The quantitative estimate of drug-likeness (QED) is 0.708. The van der Waals surface area contributed by atoms with Crippen LogP contribution in [0.15, 0.2) is 11.1 Å². The molecule has 0 bridgehead atoms. The minimum absolute atomic E-state index is 0. The first kappa shape index (κ1) is 13.2. The standard InChI is InChI=1S/C7H12N4O3S.ClH/c8-1-5-3-11-7(14-4-5)6(2-10-11)15(9,12)13;/h2,5H,1,3-4,8H2,(H2,9,12,13);1H. The molecule has 92 valence electrons. The van der Waals surface area contributed by atoms with Crippen molar-refractivity contribution in [1.82, 2.24) is 9.78 Å². The molecule has 1 aromatic rings. The molecule has 1 unspecified atom stereocenters. The summed E-state index contributed by atoms with van der Waals surface area (Å²) in [4.78, 5) is -0.0713. The van der Waals surface area contributed by atoms with Crippen molar-refractivity contribution in [2.45, 2.75) is 11.4 Å². The van der Waals surface area contributed by atoms with Gasteiger partial charge in [0.25, 0.3) is 0 Å². The van der Waals surface area contributed by atoms with Crippen LogP contribution >= 0.6 is 12.4 Å². The molecule has 4 N–H and O–H groups in total. The smallest absolute Gasteiger partial charge is 0.245 e. The Balaban J connectivity index is 0.00000128. The molecule has 0 saturated carbocycles. The maximum Gasteiger partial charge on any atom is 0.245 e. The second-order valence-corrected chi connectivity index (χ2v) is 4.98. The van der Waals surface area contributed by atoms with Crippen molar-refractivity contribution in [2.75, 3.05) is 13.2 Å². The predicted molar refractivity (Wildman–Crippen MR) is 58.9 cm³/mol. The van der Waals surface area contributed by atoms with Gasteiger partial charge in [-0.1, -0.05) is 0 Å². The van der Waals surface area contributed by atoms with Crippen LogP contribution in [0.4, 0.5) is 0 Å². The van der Waals surface area contributed by atoms with Crippen LogP contribution in [0, 0.1) is 5.92 Å². The van der Waals surface area contributed by atoms with Gasteiger partial charge in [-0.05, 0) is 0 Å². The van der Waals surface area contributed by atoms with Crippen molar-refractivity contribution in [3.63, 3.8) is 0 Å². The number of rotatable bonds is 2. The highest BCUT2D eigenvalue weighted by Gasteiger charge is 2.27. The summed E-state index contributed by atoms with van der Waals surface area (Å²) in [6.07, 6.45) is 1.20. The van der Waals surface area contributed by atoms with Crippen LogP contribution in [-0.2, 0) is 16.6 Å². The highest BCUT2D eigenvalue weighted by Crippen LogP contribution is 2.26. The molecule has 0 aliphatic carbocycles. The summed E-state index contributed by atoms with van der Waals surface area (Å²) in [5, 5.41) is 8.90. The molecular weight excluding hydrogens is 256 g/mol. The van der Waals surface area contributed by atoms with Crippen LogP contribution in [0.25, 0.3) is 0 Å². The van der Waals surface area contributed by atoms with Crippen molar-refractivity contribution in [3.8, 4) is 5.88 Å². The predicted octanol–water partition coefficient (Wildman–Crippen LogP) is -1.08. The van der Waals surface area contributed by atoms with E-state index in [2.05, 4.69) is 5.10 Å². The number of sulfonamides is 1. The summed E-state index contributed by atoms with van der Waals surface area (Å²) < 4.78 is 29.0. The molecule has 16 heavy (non-hydrogen) atoms. The summed E-state index contributed by atoms with van der Waals surface area (Å²) in [5.41, 5.74) is 5.49. The molecule has 2 heterocycles. The minimum atomic E-state index is -3.76. The van der Waals surface area contributed by atoms with Gasteiger partial charge in [-0.3, -0.25) is 0 Å². The maximum absolute atomic E-state index is 11.1. The van der Waals surface area contributed by atoms with Crippen molar-refractivity contribution in [1.29, 1.82) is 0 Å². The topological polar surface area (TPSA) is 113 Å². The maximum atomic E-state index is 11.1. The van der Waals surface area contributed by atoms with Gasteiger partial charge in [0.2, 0.25) is 15.9 Å². The highest BCUT2D eigenvalue weighted by molar-refractivity contribution is 7.89. The van der Waals surface area contributed by atoms with E-state index in [0.29, 0.717) is 19.7 Å². The summed E-state index contributed by atoms with van der Waals surface area (Å²) in [7, 11) is -3.76. The van der Waals surface area contributed by atoms with E-state index in [1.165, 1.54) is 10.9 Å². The van der Waals surface area contributed by atoms with Crippen LogP contribution < -0.4 is 15.6 Å².